The second-order valence-corrected chi connectivity index (χ2v) is 6.53. The zero-order valence-electron chi connectivity index (χ0n) is 13.1. The van der Waals surface area contributed by atoms with Crippen LogP contribution >= 0.6 is 0 Å². The summed E-state index contributed by atoms with van der Waals surface area (Å²) in [6.45, 7) is 3.03. The van der Waals surface area contributed by atoms with Gasteiger partial charge in [-0.1, -0.05) is 0 Å². The van der Waals surface area contributed by atoms with Crippen molar-refractivity contribution in [2.45, 2.75) is 51.5 Å². The molecule has 12 heteroatoms. The van der Waals surface area contributed by atoms with Gasteiger partial charge < -0.3 is 24.1 Å². The molecule has 138 valence electrons. The van der Waals surface area contributed by atoms with Gasteiger partial charge >= 0.3 is 17.9 Å². The van der Waals surface area contributed by atoms with Crippen molar-refractivity contribution < 1.29 is 51.4 Å². The largest absolute Gasteiger partial charge is 0.456 e. The summed E-state index contributed by atoms with van der Waals surface area (Å²) in [7, 11) is -4.58. The van der Waals surface area contributed by atoms with Crippen LogP contribution in [0.1, 0.15) is 20.8 Å². The van der Waals surface area contributed by atoms with E-state index in [0.717, 1.165) is 20.8 Å². The van der Waals surface area contributed by atoms with E-state index in [-0.39, 0.29) is 0 Å². The van der Waals surface area contributed by atoms with Gasteiger partial charge in [-0.2, -0.15) is 8.42 Å². The highest BCUT2D eigenvalue weighted by molar-refractivity contribution is 7.85. The minimum absolute atomic E-state index is 0.852. The fourth-order valence-electron chi connectivity index (χ4n) is 2.21. The highest BCUT2D eigenvalue weighted by Gasteiger charge is 2.52. The van der Waals surface area contributed by atoms with Gasteiger partial charge in [0.1, 0.15) is 11.9 Å². The number of rotatable bonds is 5. The van der Waals surface area contributed by atoms with Crippen LogP contribution in [0.2, 0.25) is 0 Å². The van der Waals surface area contributed by atoms with Gasteiger partial charge in [0.2, 0.25) is 0 Å². The fourth-order valence-corrected chi connectivity index (χ4v) is 2.90. The van der Waals surface area contributed by atoms with Crippen LogP contribution < -0.4 is 0 Å². The van der Waals surface area contributed by atoms with E-state index in [0.29, 0.717) is 0 Å². The summed E-state index contributed by atoms with van der Waals surface area (Å²) < 4.78 is 50.7. The Kier molecular flexibility index (Phi) is 6.66. The highest BCUT2D eigenvalue weighted by atomic mass is 32.2. The molecular weight excluding hydrogens is 352 g/mol. The third-order valence-corrected chi connectivity index (χ3v) is 3.64. The predicted octanol–water partition coefficient (Wildman–Crippen LogP) is -1.61. The molecule has 0 saturated carbocycles. The van der Waals surface area contributed by atoms with Crippen molar-refractivity contribution in [2.75, 3.05) is 5.75 Å². The Balaban J connectivity index is 3.23. The molecule has 0 spiro atoms. The Labute approximate surface area is 137 Å². The molecular formula is C12H18O11S. The van der Waals surface area contributed by atoms with Gasteiger partial charge in [-0.25, -0.2) is 0 Å². The topological polar surface area (TPSA) is 163 Å². The van der Waals surface area contributed by atoms with Crippen molar-refractivity contribution in [1.29, 1.82) is 0 Å². The number of aliphatic hydroxyl groups excluding tert-OH is 1. The maximum atomic E-state index is 11.3. The van der Waals surface area contributed by atoms with Crippen LogP contribution in [-0.2, 0) is 43.4 Å². The average molecular weight is 370 g/mol. The molecule has 0 aliphatic carbocycles. The number of hydrogen-bond donors (Lipinski definition) is 2. The number of aliphatic hydroxyl groups is 1. The van der Waals surface area contributed by atoms with Gasteiger partial charge in [0, 0.05) is 20.8 Å². The van der Waals surface area contributed by atoms with Crippen LogP contribution in [0.4, 0.5) is 0 Å². The first kappa shape index (κ1) is 20.3. The van der Waals surface area contributed by atoms with Crippen molar-refractivity contribution in [3.05, 3.63) is 0 Å². The molecule has 0 unspecified atom stereocenters. The van der Waals surface area contributed by atoms with Gasteiger partial charge in [0.05, 0.1) is 0 Å². The maximum absolute atomic E-state index is 11.3. The zero-order valence-corrected chi connectivity index (χ0v) is 13.9. The highest BCUT2D eigenvalue weighted by Crippen LogP contribution is 2.28. The normalized spacial score (nSPS) is 30.3. The fraction of sp³-hybridized carbons (Fsp3) is 0.750. The second-order valence-electron chi connectivity index (χ2n) is 5.04. The second kappa shape index (κ2) is 7.88. The van der Waals surface area contributed by atoms with Crippen molar-refractivity contribution in [2.24, 2.45) is 0 Å². The summed E-state index contributed by atoms with van der Waals surface area (Å²) in [5.74, 6) is -3.64. The lowest BCUT2D eigenvalue weighted by Gasteiger charge is -2.42. The number of hydrogen-bond acceptors (Lipinski definition) is 10. The molecule has 5 atom stereocenters. The number of carbonyl (C=O) groups is 3. The van der Waals surface area contributed by atoms with Crippen LogP contribution in [0, 0.1) is 0 Å². The first-order valence-corrected chi connectivity index (χ1v) is 8.32. The van der Waals surface area contributed by atoms with Crippen molar-refractivity contribution >= 4 is 28.0 Å². The van der Waals surface area contributed by atoms with Crippen molar-refractivity contribution in [3.63, 3.8) is 0 Å². The van der Waals surface area contributed by atoms with Crippen LogP contribution in [0.25, 0.3) is 0 Å². The van der Waals surface area contributed by atoms with Gasteiger partial charge in [-0.05, 0) is 0 Å². The van der Waals surface area contributed by atoms with Crippen LogP contribution in [0.5, 0.6) is 0 Å². The van der Waals surface area contributed by atoms with E-state index >= 15 is 0 Å². The molecule has 0 bridgehead atoms. The lowest BCUT2D eigenvalue weighted by molar-refractivity contribution is -0.287. The smallest absolute Gasteiger partial charge is 0.303 e. The van der Waals surface area contributed by atoms with E-state index in [1.54, 1.807) is 0 Å². The molecule has 11 nitrogen and oxygen atoms in total. The summed E-state index contributed by atoms with van der Waals surface area (Å²) in [5, 5.41) is 9.91. The molecule has 1 rings (SSSR count). The summed E-state index contributed by atoms with van der Waals surface area (Å²) in [6, 6.07) is 0. The Bertz CT molecular complexity index is 598. The van der Waals surface area contributed by atoms with Gasteiger partial charge in [0.25, 0.3) is 10.1 Å². The van der Waals surface area contributed by atoms with E-state index < -0.39 is 64.5 Å². The summed E-state index contributed by atoms with van der Waals surface area (Å²) in [6.07, 6.45) is -8.08. The van der Waals surface area contributed by atoms with E-state index in [1.165, 1.54) is 0 Å². The molecule has 0 radical (unpaired) electrons. The predicted molar refractivity (Wildman–Crippen MR) is 74.0 cm³/mol. The first-order chi connectivity index (χ1) is 10.9. The standard InChI is InChI=1S/C12H18O11S/c1-5(13)20-9-8(4-24(17,18)19)23-12(16)11(22-7(3)15)10(9)21-6(2)14/h8-12,16H,4H2,1-3H3,(H,17,18,19)/t8-,9+,10+,11+,12-/m0/s1. The van der Waals surface area contributed by atoms with Crippen molar-refractivity contribution in [3.8, 4) is 0 Å². The SMILES string of the molecule is CC(=O)O[C@H]1[C@@H](OC(C)=O)[C@@H](O)O[C@@H](CS(=O)(=O)O)[C@H]1OC(C)=O. The quantitative estimate of drug-likeness (QED) is 0.325. The molecule has 0 aromatic carbocycles. The Morgan fingerprint density at radius 2 is 1.33 bits per heavy atom. The first-order valence-electron chi connectivity index (χ1n) is 6.71. The Morgan fingerprint density at radius 1 is 0.917 bits per heavy atom. The molecule has 0 aromatic rings. The van der Waals surface area contributed by atoms with Crippen LogP contribution in [0.3, 0.4) is 0 Å². The minimum Gasteiger partial charge on any atom is -0.456 e. The van der Waals surface area contributed by atoms with E-state index in [1.807, 2.05) is 0 Å². The number of esters is 3. The van der Waals surface area contributed by atoms with E-state index in [4.69, 9.17) is 23.5 Å². The maximum Gasteiger partial charge on any atom is 0.303 e. The summed E-state index contributed by atoms with van der Waals surface area (Å²) in [4.78, 5) is 33.7. The summed E-state index contributed by atoms with van der Waals surface area (Å²) in [5.41, 5.74) is 0. The molecule has 1 aliphatic heterocycles. The van der Waals surface area contributed by atoms with Gasteiger partial charge in [-0.3, -0.25) is 18.9 Å². The summed E-state index contributed by atoms with van der Waals surface area (Å²) >= 11 is 0. The number of ether oxygens (including phenoxy) is 4. The average Bonchev–Trinajstić information content (AvgIpc) is 2.35. The van der Waals surface area contributed by atoms with Crippen LogP contribution in [0.15, 0.2) is 0 Å². The molecule has 2 N–H and O–H groups in total. The molecule has 1 saturated heterocycles. The monoisotopic (exact) mass is 370 g/mol. The third kappa shape index (κ3) is 6.03. The third-order valence-electron chi connectivity index (χ3n) is 2.89. The zero-order chi connectivity index (χ0) is 18.7. The van der Waals surface area contributed by atoms with Crippen LogP contribution in [-0.4, -0.2) is 72.4 Å². The molecule has 0 aromatic heterocycles. The molecule has 1 aliphatic rings. The number of carbonyl (C=O) groups excluding carboxylic acids is 3. The minimum atomic E-state index is -4.58. The molecule has 1 heterocycles. The Hall–Kier alpha value is -1.76. The molecule has 24 heavy (non-hydrogen) atoms. The van der Waals surface area contributed by atoms with Gasteiger partial charge in [-0.15, -0.1) is 0 Å². The van der Waals surface area contributed by atoms with E-state index in [2.05, 4.69) is 0 Å². The van der Waals surface area contributed by atoms with Crippen molar-refractivity contribution in [1.82, 2.24) is 0 Å². The lowest BCUT2D eigenvalue weighted by Crippen LogP contribution is -2.62. The Morgan fingerprint density at radius 3 is 1.75 bits per heavy atom. The lowest BCUT2D eigenvalue weighted by atomic mass is 9.99. The van der Waals surface area contributed by atoms with E-state index in [9.17, 15) is 27.9 Å². The molecule has 1 fully saturated rings. The molecule has 0 amide bonds. The van der Waals surface area contributed by atoms with Gasteiger partial charge in [0.15, 0.2) is 24.6 Å².